The molecule has 3 rings (SSSR count). The summed E-state index contributed by atoms with van der Waals surface area (Å²) in [6.07, 6.45) is -3.04. The highest BCUT2D eigenvalue weighted by Gasteiger charge is 2.30. The van der Waals surface area contributed by atoms with Crippen LogP contribution in [0.1, 0.15) is 27.4 Å². The van der Waals surface area contributed by atoms with Crippen LogP contribution in [0.3, 0.4) is 0 Å². The van der Waals surface area contributed by atoms with Gasteiger partial charge in [0, 0.05) is 13.6 Å². The number of benzene rings is 1. The van der Waals surface area contributed by atoms with Crippen LogP contribution in [0.2, 0.25) is 0 Å². The maximum Gasteiger partial charge on any atom is 0.416 e. The van der Waals surface area contributed by atoms with Gasteiger partial charge in [-0.05, 0) is 17.7 Å². The molecule has 0 atom stereocenters. The Bertz CT molecular complexity index is 1080. The zero-order valence-corrected chi connectivity index (χ0v) is 18.3. The van der Waals surface area contributed by atoms with Gasteiger partial charge in [-0.15, -0.1) is 0 Å². The molecular weight excluding hydrogens is 447 g/mol. The van der Waals surface area contributed by atoms with Crippen molar-refractivity contribution in [2.24, 2.45) is 7.05 Å². The molecule has 0 fully saturated rings. The van der Waals surface area contributed by atoms with Gasteiger partial charge in [0.15, 0.2) is 5.16 Å². The summed E-state index contributed by atoms with van der Waals surface area (Å²) >= 11 is 1.31. The quantitative estimate of drug-likeness (QED) is 0.507. The highest BCUT2D eigenvalue weighted by molar-refractivity contribution is 7.98. The number of hydrogen-bond acceptors (Lipinski definition) is 7. The zero-order chi connectivity index (χ0) is 23.3. The lowest BCUT2D eigenvalue weighted by Gasteiger charge is -2.10. The molecule has 170 valence electrons. The molecule has 0 radical (unpaired) electrons. The average Bonchev–Trinajstić information content (AvgIpc) is 3.15. The van der Waals surface area contributed by atoms with E-state index in [4.69, 9.17) is 9.47 Å². The molecule has 0 aliphatic heterocycles. The van der Waals surface area contributed by atoms with Gasteiger partial charge >= 0.3 is 6.18 Å². The van der Waals surface area contributed by atoms with E-state index < -0.39 is 17.6 Å². The Morgan fingerprint density at radius 1 is 1.16 bits per heavy atom. The van der Waals surface area contributed by atoms with Gasteiger partial charge in [-0.25, -0.2) is 4.98 Å². The zero-order valence-electron chi connectivity index (χ0n) is 17.4. The Balaban J connectivity index is 1.64. The molecule has 0 saturated carbocycles. The van der Waals surface area contributed by atoms with E-state index in [9.17, 15) is 18.0 Å². The fourth-order valence-corrected chi connectivity index (χ4v) is 3.53. The Hall–Kier alpha value is -3.28. The highest BCUT2D eigenvalue weighted by Crippen LogP contribution is 2.29. The third-order valence-electron chi connectivity index (χ3n) is 4.36. The summed E-state index contributed by atoms with van der Waals surface area (Å²) in [5, 5.41) is 3.16. The maximum absolute atomic E-state index is 12.8. The summed E-state index contributed by atoms with van der Waals surface area (Å²) in [5.41, 5.74) is -0.155. The van der Waals surface area contributed by atoms with Crippen molar-refractivity contribution in [2.45, 2.75) is 23.6 Å². The smallest absolute Gasteiger partial charge is 0.416 e. The number of imidazole rings is 1. The fraction of sp³-hybridized carbons (Fsp3) is 0.300. The Morgan fingerprint density at radius 3 is 2.47 bits per heavy atom. The lowest BCUT2D eigenvalue weighted by atomic mass is 10.1. The average molecular weight is 467 g/mol. The van der Waals surface area contributed by atoms with E-state index in [2.05, 4.69) is 20.3 Å². The molecule has 2 heterocycles. The minimum Gasteiger partial charge on any atom is -0.481 e. The maximum atomic E-state index is 12.8. The molecule has 12 heteroatoms. The minimum atomic E-state index is -4.44. The number of methoxy groups -OCH3 is 2. The summed E-state index contributed by atoms with van der Waals surface area (Å²) in [6, 6.07) is 6.37. The summed E-state index contributed by atoms with van der Waals surface area (Å²) in [4.78, 5) is 25.2. The van der Waals surface area contributed by atoms with Crippen LogP contribution in [0.25, 0.3) is 0 Å². The Morgan fingerprint density at radius 2 is 1.84 bits per heavy atom. The number of nitrogens with one attached hydrogen (secondary N) is 1. The van der Waals surface area contributed by atoms with Crippen molar-refractivity contribution in [1.82, 2.24) is 24.8 Å². The molecule has 1 amide bonds. The molecule has 1 N–H and O–H groups in total. The number of aromatic nitrogens is 4. The number of hydrogen-bond donors (Lipinski definition) is 1. The first-order valence-electron chi connectivity index (χ1n) is 9.26. The Labute approximate surface area is 186 Å². The SMILES string of the molecule is COc1cc(OC)nc(CSc2ncc(C(=O)NCc3cccc(C(F)(F)F)c3)n2C)n1. The number of carbonyl (C=O) groups is 1. The van der Waals surface area contributed by atoms with Gasteiger partial charge in [0.2, 0.25) is 11.8 Å². The number of alkyl halides is 3. The van der Waals surface area contributed by atoms with Crippen molar-refractivity contribution in [2.75, 3.05) is 14.2 Å². The number of carbonyl (C=O) groups excluding carboxylic acids is 1. The fourth-order valence-electron chi connectivity index (χ4n) is 2.72. The third kappa shape index (κ3) is 5.69. The van der Waals surface area contributed by atoms with Gasteiger partial charge in [0.05, 0.1) is 37.8 Å². The van der Waals surface area contributed by atoms with Gasteiger partial charge < -0.3 is 19.4 Å². The largest absolute Gasteiger partial charge is 0.481 e. The molecule has 1 aromatic carbocycles. The van der Waals surface area contributed by atoms with Gasteiger partial charge in [-0.2, -0.15) is 23.1 Å². The van der Waals surface area contributed by atoms with Crippen LogP contribution in [-0.2, 0) is 25.5 Å². The molecule has 0 aliphatic rings. The molecule has 8 nitrogen and oxygen atoms in total. The molecule has 0 saturated heterocycles. The van der Waals surface area contributed by atoms with E-state index in [-0.39, 0.29) is 12.2 Å². The standard InChI is InChI=1S/C20H20F3N5O3S/c1-28-14(18(29)24-9-12-5-4-6-13(7-12)20(21,22)23)10-25-19(28)32-11-15-26-16(30-2)8-17(27-15)31-3/h4-8,10H,9,11H2,1-3H3,(H,24,29). The predicted molar refractivity (Wildman–Crippen MR) is 111 cm³/mol. The second kappa shape index (κ2) is 9.90. The van der Waals surface area contributed by atoms with Crippen molar-refractivity contribution < 1.29 is 27.4 Å². The monoisotopic (exact) mass is 467 g/mol. The van der Waals surface area contributed by atoms with Crippen LogP contribution in [0.4, 0.5) is 13.2 Å². The van der Waals surface area contributed by atoms with Crippen LogP contribution in [0.15, 0.2) is 41.7 Å². The van der Waals surface area contributed by atoms with Crippen LogP contribution < -0.4 is 14.8 Å². The van der Waals surface area contributed by atoms with Gasteiger partial charge in [-0.3, -0.25) is 4.79 Å². The minimum absolute atomic E-state index is 0.0478. The highest BCUT2D eigenvalue weighted by atomic mass is 32.2. The molecule has 0 unspecified atom stereocenters. The summed E-state index contributed by atoms with van der Waals surface area (Å²) in [5.74, 6) is 1.08. The van der Waals surface area contributed by atoms with E-state index in [1.165, 1.54) is 44.3 Å². The Kier molecular flexibility index (Phi) is 7.23. The van der Waals surface area contributed by atoms with Crippen LogP contribution >= 0.6 is 11.8 Å². The van der Waals surface area contributed by atoms with E-state index in [1.54, 1.807) is 17.7 Å². The normalized spacial score (nSPS) is 11.3. The van der Waals surface area contributed by atoms with Gasteiger partial charge in [0.1, 0.15) is 11.5 Å². The number of halogens is 3. The second-order valence-corrected chi connectivity index (χ2v) is 7.47. The number of amides is 1. The second-order valence-electron chi connectivity index (χ2n) is 6.52. The van der Waals surface area contributed by atoms with E-state index in [0.717, 1.165) is 12.1 Å². The third-order valence-corrected chi connectivity index (χ3v) is 5.40. The molecule has 0 spiro atoms. The molecule has 2 aromatic heterocycles. The van der Waals surface area contributed by atoms with Crippen molar-refractivity contribution in [3.8, 4) is 11.8 Å². The lowest BCUT2D eigenvalue weighted by molar-refractivity contribution is -0.137. The van der Waals surface area contributed by atoms with Crippen LogP contribution in [0.5, 0.6) is 11.8 Å². The number of ether oxygens (including phenoxy) is 2. The van der Waals surface area contributed by atoms with E-state index >= 15 is 0 Å². The van der Waals surface area contributed by atoms with Crippen molar-refractivity contribution >= 4 is 17.7 Å². The van der Waals surface area contributed by atoms with E-state index in [1.807, 2.05) is 0 Å². The van der Waals surface area contributed by atoms with Crippen LogP contribution in [-0.4, -0.2) is 39.6 Å². The van der Waals surface area contributed by atoms with Crippen molar-refractivity contribution in [3.63, 3.8) is 0 Å². The van der Waals surface area contributed by atoms with Crippen molar-refractivity contribution in [3.05, 3.63) is 59.2 Å². The molecule has 3 aromatic rings. The number of thioether (sulfide) groups is 1. The first kappa shape index (κ1) is 23.4. The first-order chi connectivity index (χ1) is 15.2. The summed E-state index contributed by atoms with van der Waals surface area (Å²) in [6.45, 7) is -0.0478. The van der Waals surface area contributed by atoms with Crippen molar-refractivity contribution in [1.29, 1.82) is 0 Å². The number of nitrogens with zero attached hydrogens (tertiary/aromatic N) is 4. The number of rotatable bonds is 8. The van der Waals surface area contributed by atoms with Crippen LogP contribution in [0, 0.1) is 0 Å². The molecule has 0 bridgehead atoms. The van der Waals surface area contributed by atoms with Gasteiger partial charge in [0.25, 0.3) is 5.91 Å². The van der Waals surface area contributed by atoms with Gasteiger partial charge in [-0.1, -0.05) is 23.9 Å². The molecule has 32 heavy (non-hydrogen) atoms. The molecule has 0 aliphatic carbocycles. The summed E-state index contributed by atoms with van der Waals surface area (Å²) in [7, 11) is 4.64. The molecular formula is C20H20F3N5O3S. The first-order valence-corrected chi connectivity index (χ1v) is 10.2. The predicted octanol–water partition coefficient (Wildman–Crippen LogP) is 3.47. The van der Waals surface area contributed by atoms with E-state index in [0.29, 0.717) is 34.1 Å². The summed E-state index contributed by atoms with van der Waals surface area (Å²) < 4.78 is 50.4. The lowest BCUT2D eigenvalue weighted by Crippen LogP contribution is -2.25. The topological polar surface area (TPSA) is 91.2 Å².